The van der Waals surface area contributed by atoms with Crippen LogP contribution in [0.25, 0.3) is 0 Å². The van der Waals surface area contributed by atoms with Gasteiger partial charge in [-0.2, -0.15) is 0 Å². The number of carbonyl (C=O) groups excluding carboxylic acids is 2. The third kappa shape index (κ3) is 6.19. The zero-order valence-corrected chi connectivity index (χ0v) is 15.2. The molecule has 6 nitrogen and oxygen atoms in total. The molecule has 1 heterocycles. The Labute approximate surface area is 151 Å². The average Bonchev–Trinajstić information content (AvgIpc) is 3.02. The molecule has 7 heteroatoms. The van der Waals surface area contributed by atoms with Gasteiger partial charge >= 0.3 is 5.97 Å². The van der Waals surface area contributed by atoms with Crippen molar-refractivity contribution in [2.24, 2.45) is 0 Å². The highest BCUT2D eigenvalue weighted by atomic mass is 32.1. The summed E-state index contributed by atoms with van der Waals surface area (Å²) in [6.07, 6.45) is 2.18. The van der Waals surface area contributed by atoms with Crippen LogP contribution in [0.5, 0.6) is 5.75 Å². The van der Waals surface area contributed by atoms with Crippen molar-refractivity contribution in [1.82, 2.24) is 4.98 Å². The van der Waals surface area contributed by atoms with Crippen LogP contribution in [0.4, 0.5) is 5.13 Å². The molecule has 25 heavy (non-hydrogen) atoms. The Kier molecular flexibility index (Phi) is 7.40. The second kappa shape index (κ2) is 9.78. The topological polar surface area (TPSA) is 77.5 Å². The number of carbonyl (C=O) groups is 2. The lowest BCUT2D eigenvalue weighted by atomic mass is 10.2. The third-order valence-electron chi connectivity index (χ3n) is 3.29. The predicted octanol–water partition coefficient (Wildman–Crippen LogP) is 3.68. The maximum atomic E-state index is 12.2. The first-order valence-corrected chi connectivity index (χ1v) is 9.14. The van der Waals surface area contributed by atoms with Crippen LogP contribution >= 0.6 is 11.3 Å². The molecular weight excluding hydrogens is 340 g/mol. The normalized spacial score (nSPS) is 10.3. The fourth-order valence-electron chi connectivity index (χ4n) is 2.01. The fourth-order valence-corrected chi connectivity index (χ4v) is 2.72. The molecule has 2 rings (SSSR count). The molecule has 0 aliphatic rings. The van der Waals surface area contributed by atoms with E-state index in [1.54, 1.807) is 36.6 Å². The minimum Gasteiger partial charge on any atom is -0.494 e. The summed E-state index contributed by atoms with van der Waals surface area (Å²) in [5.74, 6) is 0.164. The highest BCUT2D eigenvalue weighted by Crippen LogP contribution is 2.18. The van der Waals surface area contributed by atoms with E-state index >= 15 is 0 Å². The van der Waals surface area contributed by atoms with Gasteiger partial charge in [0.25, 0.3) is 5.91 Å². The maximum Gasteiger partial charge on any atom is 0.311 e. The molecule has 0 bridgehead atoms. The molecule has 0 saturated heterocycles. The third-order valence-corrected chi connectivity index (χ3v) is 4.09. The molecule has 0 radical (unpaired) electrons. The number of aromatic nitrogens is 1. The summed E-state index contributed by atoms with van der Waals surface area (Å²) in [4.78, 5) is 27.9. The average molecular weight is 362 g/mol. The number of hydrogen-bond acceptors (Lipinski definition) is 6. The Morgan fingerprint density at radius 2 is 1.96 bits per heavy atom. The molecule has 0 aliphatic carbocycles. The number of thiazole rings is 1. The van der Waals surface area contributed by atoms with E-state index in [1.165, 1.54) is 11.3 Å². The first kappa shape index (κ1) is 18.9. The molecule has 1 amide bonds. The Hall–Kier alpha value is -2.41. The summed E-state index contributed by atoms with van der Waals surface area (Å²) in [6.45, 7) is 4.87. The van der Waals surface area contributed by atoms with Crippen LogP contribution in [0, 0.1) is 0 Å². The molecule has 0 fully saturated rings. The number of esters is 1. The van der Waals surface area contributed by atoms with Crippen molar-refractivity contribution in [2.75, 3.05) is 18.5 Å². The van der Waals surface area contributed by atoms with Crippen LogP contribution in [0.2, 0.25) is 0 Å². The van der Waals surface area contributed by atoms with Crippen LogP contribution in [-0.2, 0) is 16.0 Å². The molecule has 134 valence electrons. The summed E-state index contributed by atoms with van der Waals surface area (Å²) in [6, 6.07) is 6.98. The minimum absolute atomic E-state index is 0.101. The van der Waals surface area contributed by atoms with Crippen molar-refractivity contribution in [1.29, 1.82) is 0 Å². The van der Waals surface area contributed by atoms with Gasteiger partial charge in [0.15, 0.2) is 5.13 Å². The molecule has 0 saturated carbocycles. The lowest BCUT2D eigenvalue weighted by Crippen LogP contribution is -2.12. The van der Waals surface area contributed by atoms with Gasteiger partial charge in [-0.15, -0.1) is 11.3 Å². The van der Waals surface area contributed by atoms with Gasteiger partial charge in [-0.3, -0.25) is 14.9 Å². The first-order valence-electron chi connectivity index (χ1n) is 8.26. The number of benzene rings is 1. The van der Waals surface area contributed by atoms with E-state index in [-0.39, 0.29) is 18.3 Å². The monoisotopic (exact) mass is 362 g/mol. The molecule has 1 N–H and O–H groups in total. The van der Waals surface area contributed by atoms with Gasteiger partial charge < -0.3 is 9.47 Å². The number of ether oxygens (including phenoxy) is 2. The molecule has 1 aromatic heterocycles. The summed E-state index contributed by atoms with van der Waals surface area (Å²) < 4.78 is 10.5. The molecule has 0 atom stereocenters. The highest BCUT2D eigenvalue weighted by Gasteiger charge is 2.11. The van der Waals surface area contributed by atoms with E-state index in [2.05, 4.69) is 17.2 Å². The molecule has 0 aliphatic heterocycles. The summed E-state index contributed by atoms with van der Waals surface area (Å²) in [5, 5.41) is 4.92. The van der Waals surface area contributed by atoms with Gasteiger partial charge in [-0.25, -0.2) is 4.98 Å². The highest BCUT2D eigenvalue weighted by molar-refractivity contribution is 7.14. The molecular formula is C18H22N2O4S. The van der Waals surface area contributed by atoms with Crippen LogP contribution in [0.3, 0.4) is 0 Å². The second-order valence-electron chi connectivity index (χ2n) is 5.31. The van der Waals surface area contributed by atoms with Crippen LogP contribution < -0.4 is 10.1 Å². The van der Waals surface area contributed by atoms with E-state index in [0.717, 1.165) is 18.6 Å². The molecule has 1 aromatic carbocycles. The summed E-state index contributed by atoms with van der Waals surface area (Å²) in [5.41, 5.74) is 1.10. The summed E-state index contributed by atoms with van der Waals surface area (Å²) >= 11 is 1.27. The molecule has 0 unspecified atom stereocenters. The molecule has 2 aromatic rings. The lowest BCUT2D eigenvalue weighted by molar-refractivity contribution is -0.142. The first-order chi connectivity index (χ1) is 12.1. The van der Waals surface area contributed by atoms with E-state index in [4.69, 9.17) is 9.47 Å². The Balaban J connectivity index is 1.89. The van der Waals surface area contributed by atoms with Crippen molar-refractivity contribution in [2.45, 2.75) is 33.1 Å². The van der Waals surface area contributed by atoms with Crippen molar-refractivity contribution in [3.05, 3.63) is 40.9 Å². The maximum absolute atomic E-state index is 12.2. The lowest BCUT2D eigenvalue weighted by Gasteiger charge is -2.06. The van der Waals surface area contributed by atoms with E-state index in [1.807, 2.05) is 0 Å². The van der Waals surface area contributed by atoms with Gasteiger partial charge in [-0.1, -0.05) is 13.3 Å². The number of unbranched alkanes of at least 4 members (excludes halogenated alkanes) is 1. The number of anilines is 1. The van der Waals surface area contributed by atoms with Crippen molar-refractivity contribution in [3.63, 3.8) is 0 Å². The number of hydrogen-bond donors (Lipinski definition) is 1. The Bertz CT molecular complexity index is 697. The number of nitrogens with one attached hydrogen (secondary N) is 1. The standard InChI is InChI=1S/C18H22N2O4S/c1-3-5-10-24-15-8-6-13(7-9-15)17(22)20-18-19-14(12-25-18)11-16(21)23-4-2/h6-9,12H,3-5,10-11H2,1-2H3,(H,19,20,22). The predicted molar refractivity (Wildman–Crippen MR) is 97.2 cm³/mol. The van der Waals surface area contributed by atoms with Crippen molar-refractivity contribution >= 4 is 28.3 Å². The quantitative estimate of drug-likeness (QED) is 0.544. The van der Waals surface area contributed by atoms with Crippen LogP contribution in [-0.4, -0.2) is 30.1 Å². The fraction of sp³-hybridized carbons (Fsp3) is 0.389. The van der Waals surface area contributed by atoms with Crippen molar-refractivity contribution in [3.8, 4) is 5.75 Å². The van der Waals surface area contributed by atoms with Crippen LogP contribution in [0.15, 0.2) is 29.6 Å². The smallest absolute Gasteiger partial charge is 0.311 e. The van der Waals surface area contributed by atoms with E-state index in [0.29, 0.717) is 29.6 Å². The SMILES string of the molecule is CCCCOc1ccc(C(=O)Nc2nc(CC(=O)OCC)cs2)cc1. The van der Waals surface area contributed by atoms with Gasteiger partial charge in [-0.05, 0) is 37.6 Å². The van der Waals surface area contributed by atoms with E-state index in [9.17, 15) is 9.59 Å². The van der Waals surface area contributed by atoms with E-state index < -0.39 is 0 Å². The zero-order chi connectivity index (χ0) is 18.1. The molecule has 0 spiro atoms. The van der Waals surface area contributed by atoms with Gasteiger partial charge in [0.2, 0.25) is 0 Å². The van der Waals surface area contributed by atoms with Gasteiger partial charge in [0, 0.05) is 10.9 Å². The van der Waals surface area contributed by atoms with Gasteiger partial charge in [0.1, 0.15) is 5.75 Å². The number of nitrogens with zero attached hydrogens (tertiary/aromatic N) is 1. The largest absolute Gasteiger partial charge is 0.494 e. The Morgan fingerprint density at radius 3 is 2.64 bits per heavy atom. The van der Waals surface area contributed by atoms with Gasteiger partial charge in [0.05, 0.1) is 25.3 Å². The van der Waals surface area contributed by atoms with Crippen molar-refractivity contribution < 1.29 is 19.1 Å². The Morgan fingerprint density at radius 1 is 1.20 bits per heavy atom. The number of rotatable bonds is 9. The summed E-state index contributed by atoms with van der Waals surface area (Å²) in [7, 11) is 0. The second-order valence-corrected chi connectivity index (χ2v) is 6.16. The number of amides is 1. The minimum atomic E-state index is -0.329. The zero-order valence-electron chi connectivity index (χ0n) is 14.4. The van der Waals surface area contributed by atoms with Crippen LogP contribution in [0.1, 0.15) is 42.7 Å².